The Bertz CT molecular complexity index is 711. The minimum Gasteiger partial charge on any atom is -0.342 e. The van der Waals surface area contributed by atoms with Crippen molar-refractivity contribution >= 4 is 11.8 Å². The van der Waals surface area contributed by atoms with Gasteiger partial charge in [-0.05, 0) is 31.6 Å². The SMILES string of the molecule is Cc1n[nH]nc1C(=O)N1CCC2(CC1)CCN(C(=O)C1CC1(F)F)C2. The van der Waals surface area contributed by atoms with Crippen LogP contribution >= 0.6 is 0 Å². The number of likely N-dealkylation sites (tertiary alicyclic amines) is 2. The maximum atomic E-state index is 13.1. The lowest BCUT2D eigenvalue weighted by Gasteiger charge is -2.39. The molecule has 0 aromatic carbocycles. The van der Waals surface area contributed by atoms with Crippen molar-refractivity contribution in [3.63, 3.8) is 0 Å². The number of carbonyl (C=O) groups is 2. The summed E-state index contributed by atoms with van der Waals surface area (Å²) in [5, 5.41) is 10.2. The van der Waals surface area contributed by atoms with Crippen LogP contribution in [-0.2, 0) is 4.79 Å². The highest BCUT2D eigenvalue weighted by Crippen LogP contribution is 2.51. The van der Waals surface area contributed by atoms with Crippen molar-refractivity contribution in [3.05, 3.63) is 11.4 Å². The molecular weight excluding hydrogens is 332 g/mol. The summed E-state index contributed by atoms with van der Waals surface area (Å²) >= 11 is 0. The molecule has 1 aromatic heterocycles. The highest BCUT2D eigenvalue weighted by Gasteiger charge is 2.63. The zero-order valence-electron chi connectivity index (χ0n) is 14.1. The van der Waals surface area contributed by atoms with Gasteiger partial charge in [-0.3, -0.25) is 9.59 Å². The number of nitrogens with zero attached hydrogens (tertiary/aromatic N) is 4. The lowest BCUT2D eigenvalue weighted by Crippen LogP contribution is -2.45. The zero-order chi connectivity index (χ0) is 17.8. The molecule has 1 N–H and O–H groups in total. The van der Waals surface area contributed by atoms with Crippen LogP contribution in [0.15, 0.2) is 0 Å². The summed E-state index contributed by atoms with van der Waals surface area (Å²) in [6.07, 6.45) is 2.07. The van der Waals surface area contributed by atoms with E-state index in [4.69, 9.17) is 0 Å². The van der Waals surface area contributed by atoms with E-state index in [1.807, 2.05) is 0 Å². The molecule has 3 heterocycles. The van der Waals surface area contributed by atoms with Crippen LogP contribution in [0.25, 0.3) is 0 Å². The Morgan fingerprint density at radius 2 is 1.72 bits per heavy atom. The number of nitrogens with one attached hydrogen (secondary N) is 1. The molecule has 1 saturated carbocycles. The van der Waals surface area contributed by atoms with E-state index in [-0.39, 0.29) is 17.7 Å². The highest BCUT2D eigenvalue weighted by molar-refractivity contribution is 5.93. The number of alkyl halides is 2. The molecule has 4 rings (SSSR count). The molecule has 9 heteroatoms. The maximum Gasteiger partial charge on any atom is 0.276 e. The Labute approximate surface area is 143 Å². The molecule has 3 aliphatic rings. The second-order valence-electron chi connectivity index (χ2n) is 7.58. The third-order valence-corrected chi connectivity index (χ3v) is 5.91. The first-order valence-electron chi connectivity index (χ1n) is 8.65. The van der Waals surface area contributed by atoms with Crippen molar-refractivity contribution < 1.29 is 18.4 Å². The van der Waals surface area contributed by atoms with E-state index in [9.17, 15) is 18.4 Å². The minimum absolute atomic E-state index is 0.0461. The minimum atomic E-state index is -2.81. The van der Waals surface area contributed by atoms with E-state index in [0.717, 1.165) is 19.3 Å². The van der Waals surface area contributed by atoms with Gasteiger partial charge in [0.1, 0.15) is 5.92 Å². The monoisotopic (exact) mass is 353 g/mol. The molecule has 2 saturated heterocycles. The fraction of sp³-hybridized carbons (Fsp3) is 0.750. The molecular formula is C16H21F2N5O2. The normalized spacial score (nSPS) is 26.9. The van der Waals surface area contributed by atoms with Crippen LogP contribution in [0.5, 0.6) is 0 Å². The number of aromatic amines is 1. The van der Waals surface area contributed by atoms with Gasteiger partial charge in [-0.1, -0.05) is 0 Å². The van der Waals surface area contributed by atoms with E-state index in [2.05, 4.69) is 15.4 Å². The summed E-state index contributed by atoms with van der Waals surface area (Å²) in [6.45, 7) is 3.99. The van der Waals surface area contributed by atoms with Crippen LogP contribution in [0, 0.1) is 18.3 Å². The average molecular weight is 353 g/mol. The lowest BCUT2D eigenvalue weighted by molar-refractivity contribution is -0.134. The predicted molar refractivity (Wildman–Crippen MR) is 82.9 cm³/mol. The van der Waals surface area contributed by atoms with E-state index in [1.165, 1.54) is 0 Å². The van der Waals surface area contributed by atoms with Crippen LogP contribution in [0.4, 0.5) is 8.78 Å². The first-order valence-corrected chi connectivity index (χ1v) is 8.65. The Kier molecular flexibility index (Phi) is 3.59. The van der Waals surface area contributed by atoms with Gasteiger partial charge in [0.05, 0.1) is 5.69 Å². The topological polar surface area (TPSA) is 82.2 Å². The molecule has 1 spiro atoms. The molecule has 25 heavy (non-hydrogen) atoms. The summed E-state index contributed by atoms with van der Waals surface area (Å²) in [6, 6.07) is 0. The van der Waals surface area contributed by atoms with Crippen molar-refractivity contribution in [2.24, 2.45) is 11.3 Å². The Hall–Kier alpha value is -2.06. The van der Waals surface area contributed by atoms with Gasteiger partial charge in [0, 0.05) is 32.6 Å². The Balaban J connectivity index is 1.35. The van der Waals surface area contributed by atoms with E-state index in [1.54, 1.807) is 16.7 Å². The zero-order valence-corrected chi connectivity index (χ0v) is 14.1. The number of aromatic nitrogens is 3. The summed E-state index contributed by atoms with van der Waals surface area (Å²) in [5.74, 6) is -4.46. The van der Waals surface area contributed by atoms with Gasteiger partial charge in [-0.2, -0.15) is 15.4 Å². The first kappa shape index (κ1) is 16.4. The van der Waals surface area contributed by atoms with Gasteiger partial charge in [0.15, 0.2) is 5.69 Å². The summed E-state index contributed by atoms with van der Waals surface area (Å²) in [5.41, 5.74) is 0.874. The second kappa shape index (κ2) is 5.47. The number of halogens is 2. The number of rotatable bonds is 2. The number of hydrogen-bond donors (Lipinski definition) is 1. The summed E-state index contributed by atoms with van der Waals surface area (Å²) < 4.78 is 26.3. The third kappa shape index (κ3) is 2.79. The lowest BCUT2D eigenvalue weighted by atomic mass is 9.77. The Morgan fingerprint density at radius 1 is 1.12 bits per heavy atom. The van der Waals surface area contributed by atoms with Crippen molar-refractivity contribution in [2.45, 2.75) is 38.5 Å². The van der Waals surface area contributed by atoms with E-state index in [0.29, 0.717) is 37.6 Å². The van der Waals surface area contributed by atoms with Crippen LogP contribution < -0.4 is 0 Å². The number of H-pyrrole nitrogens is 1. The van der Waals surface area contributed by atoms with Gasteiger partial charge in [0.25, 0.3) is 11.8 Å². The third-order valence-electron chi connectivity index (χ3n) is 5.91. The fourth-order valence-electron chi connectivity index (χ4n) is 4.05. The van der Waals surface area contributed by atoms with Crippen molar-refractivity contribution in [3.8, 4) is 0 Å². The fourth-order valence-corrected chi connectivity index (χ4v) is 4.05. The Morgan fingerprint density at radius 3 is 2.24 bits per heavy atom. The largest absolute Gasteiger partial charge is 0.342 e. The summed E-state index contributed by atoms with van der Waals surface area (Å²) in [4.78, 5) is 28.0. The van der Waals surface area contributed by atoms with Crippen molar-refractivity contribution in [1.82, 2.24) is 25.2 Å². The van der Waals surface area contributed by atoms with Gasteiger partial charge in [-0.15, -0.1) is 0 Å². The van der Waals surface area contributed by atoms with Crippen LogP contribution in [0.1, 0.15) is 41.9 Å². The molecule has 1 atom stereocenters. The average Bonchev–Trinajstić information content (AvgIpc) is 2.92. The summed E-state index contributed by atoms with van der Waals surface area (Å²) in [7, 11) is 0. The van der Waals surface area contributed by atoms with Crippen LogP contribution in [0.3, 0.4) is 0 Å². The van der Waals surface area contributed by atoms with Crippen molar-refractivity contribution in [2.75, 3.05) is 26.2 Å². The quantitative estimate of drug-likeness (QED) is 0.867. The van der Waals surface area contributed by atoms with Gasteiger partial charge in [0.2, 0.25) is 5.91 Å². The smallest absolute Gasteiger partial charge is 0.276 e. The number of piperidine rings is 1. The molecule has 0 radical (unpaired) electrons. The number of amides is 2. The van der Waals surface area contributed by atoms with Crippen LogP contribution in [-0.4, -0.2) is 69.1 Å². The molecule has 136 valence electrons. The molecule has 2 amide bonds. The van der Waals surface area contributed by atoms with Crippen molar-refractivity contribution in [1.29, 1.82) is 0 Å². The molecule has 1 unspecified atom stereocenters. The molecule has 1 aliphatic carbocycles. The molecule has 0 bridgehead atoms. The maximum absolute atomic E-state index is 13.1. The molecule has 2 aliphatic heterocycles. The molecule has 1 aromatic rings. The highest BCUT2D eigenvalue weighted by atomic mass is 19.3. The second-order valence-corrected chi connectivity index (χ2v) is 7.58. The van der Waals surface area contributed by atoms with Gasteiger partial charge >= 0.3 is 0 Å². The molecule has 7 nitrogen and oxygen atoms in total. The van der Waals surface area contributed by atoms with Gasteiger partial charge in [-0.25, -0.2) is 8.78 Å². The number of hydrogen-bond acceptors (Lipinski definition) is 4. The first-order chi connectivity index (χ1) is 11.8. The van der Waals surface area contributed by atoms with E-state index < -0.39 is 17.7 Å². The number of carbonyl (C=O) groups excluding carboxylic acids is 2. The predicted octanol–water partition coefficient (Wildman–Crippen LogP) is 1.22. The van der Waals surface area contributed by atoms with E-state index >= 15 is 0 Å². The molecule has 3 fully saturated rings. The number of aryl methyl sites for hydroxylation is 1. The van der Waals surface area contributed by atoms with Gasteiger partial charge < -0.3 is 9.80 Å². The standard InChI is InChI=1S/C16H21F2N5O2/c1-10-12(20-21-19-10)14(25)22-5-2-15(3-6-22)4-7-23(9-15)13(24)11-8-16(11,17)18/h11H,2-9H2,1H3,(H,19,20,21). The van der Waals surface area contributed by atoms with Crippen LogP contribution in [0.2, 0.25) is 0 Å².